The van der Waals surface area contributed by atoms with Gasteiger partial charge in [-0.05, 0) is 29.8 Å². The zero-order valence-corrected chi connectivity index (χ0v) is 14.4. The van der Waals surface area contributed by atoms with Gasteiger partial charge in [0, 0.05) is 43.9 Å². The smallest absolute Gasteiger partial charge is 0.227 e. The summed E-state index contributed by atoms with van der Waals surface area (Å²) in [5, 5.41) is 2.79. The molecule has 1 aromatic heterocycles. The first kappa shape index (κ1) is 17.5. The lowest BCUT2D eigenvalue weighted by Gasteiger charge is -2.28. The highest BCUT2D eigenvalue weighted by Crippen LogP contribution is 2.22. The second-order valence-corrected chi connectivity index (χ2v) is 6.50. The van der Waals surface area contributed by atoms with E-state index in [0.717, 1.165) is 42.4 Å². The molecule has 0 atom stereocenters. The second kappa shape index (κ2) is 7.36. The van der Waals surface area contributed by atoms with Crippen LogP contribution in [0.3, 0.4) is 0 Å². The molecule has 1 aliphatic rings. The summed E-state index contributed by atoms with van der Waals surface area (Å²) < 4.78 is 39.8. The quantitative estimate of drug-likeness (QED) is 0.748. The molecule has 0 fully saturated rings. The minimum absolute atomic E-state index is 0.130. The molecule has 7 heteroatoms. The van der Waals surface area contributed by atoms with Gasteiger partial charge in [-0.2, -0.15) is 0 Å². The zero-order chi connectivity index (χ0) is 18.8. The van der Waals surface area contributed by atoms with Gasteiger partial charge in [0.25, 0.3) is 0 Å². The number of halogens is 3. The summed E-state index contributed by atoms with van der Waals surface area (Å²) in [6.07, 6.45) is 2.46. The maximum atomic E-state index is 13.8. The van der Waals surface area contributed by atoms with Crippen molar-refractivity contribution in [1.29, 1.82) is 0 Å². The van der Waals surface area contributed by atoms with Crippen LogP contribution >= 0.6 is 0 Å². The Morgan fingerprint density at radius 3 is 2.56 bits per heavy atom. The van der Waals surface area contributed by atoms with Crippen molar-refractivity contribution >= 4 is 11.6 Å². The number of fused-ring (bicyclic) bond motifs is 1. The summed E-state index contributed by atoms with van der Waals surface area (Å²) in [4.78, 5) is 11.0. The van der Waals surface area contributed by atoms with Crippen LogP contribution in [0, 0.1) is 17.5 Å². The molecule has 138 valence electrons. The third-order valence-corrected chi connectivity index (χ3v) is 4.51. The summed E-state index contributed by atoms with van der Waals surface area (Å²) in [7, 11) is 0. The molecule has 0 spiro atoms. The Labute approximate surface area is 154 Å². The highest BCUT2D eigenvalue weighted by Gasteiger charge is 2.19. The number of anilines is 2. The van der Waals surface area contributed by atoms with Crippen LogP contribution in [-0.2, 0) is 19.5 Å². The number of nitrogens with zero attached hydrogens (tertiary/aromatic N) is 3. The third kappa shape index (κ3) is 4.09. The van der Waals surface area contributed by atoms with Gasteiger partial charge in [-0.15, -0.1) is 0 Å². The number of benzene rings is 2. The number of nitrogens with one attached hydrogen (secondary N) is 1. The molecule has 1 N–H and O–H groups in total. The summed E-state index contributed by atoms with van der Waals surface area (Å²) >= 11 is 0. The molecule has 0 amide bonds. The Hall–Kier alpha value is -2.93. The molecule has 0 aliphatic carbocycles. The van der Waals surface area contributed by atoms with E-state index in [4.69, 9.17) is 0 Å². The maximum Gasteiger partial charge on any atom is 0.227 e. The predicted molar refractivity (Wildman–Crippen MR) is 95.9 cm³/mol. The van der Waals surface area contributed by atoms with Gasteiger partial charge >= 0.3 is 0 Å². The number of hydrogen-bond donors (Lipinski definition) is 1. The van der Waals surface area contributed by atoms with E-state index in [1.807, 2.05) is 0 Å². The van der Waals surface area contributed by atoms with Crippen LogP contribution in [-0.4, -0.2) is 21.4 Å². The summed E-state index contributed by atoms with van der Waals surface area (Å²) in [5.41, 5.74) is 3.09. The van der Waals surface area contributed by atoms with E-state index in [1.165, 1.54) is 24.3 Å². The van der Waals surface area contributed by atoms with Gasteiger partial charge in [-0.3, -0.25) is 4.90 Å². The van der Waals surface area contributed by atoms with E-state index < -0.39 is 11.6 Å². The fourth-order valence-electron chi connectivity index (χ4n) is 3.13. The van der Waals surface area contributed by atoms with Gasteiger partial charge in [-0.25, -0.2) is 23.1 Å². The molecule has 4 rings (SSSR count). The number of hydrogen-bond acceptors (Lipinski definition) is 4. The minimum Gasteiger partial charge on any atom is -0.322 e. The molecular weight excluding hydrogens is 353 g/mol. The van der Waals surface area contributed by atoms with Crippen LogP contribution in [0.15, 0.2) is 48.7 Å². The standard InChI is InChI=1S/C20H17F3N4/c21-15-3-1-13(2-4-15)11-27-8-7-18-14(12-27)10-24-20(25-18)26-19-6-5-16(22)9-17(19)23/h1-6,9-10H,7-8,11-12H2,(H,24,25,26). The van der Waals surface area contributed by atoms with Gasteiger partial charge in [0.15, 0.2) is 0 Å². The normalized spacial score (nSPS) is 14.0. The van der Waals surface area contributed by atoms with Gasteiger partial charge in [0.2, 0.25) is 5.95 Å². The fraction of sp³-hybridized carbons (Fsp3) is 0.200. The van der Waals surface area contributed by atoms with Crippen LogP contribution in [0.25, 0.3) is 0 Å². The van der Waals surface area contributed by atoms with Gasteiger partial charge in [0.05, 0.1) is 11.4 Å². The van der Waals surface area contributed by atoms with E-state index in [9.17, 15) is 13.2 Å². The Morgan fingerprint density at radius 1 is 1.00 bits per heavy atom. The van der Waals surface area contributed by atoms with Crippen molar-refractivity contribution in [3.63, 3.8) is 0 Å². The van der Waals surface area contributed by atoms with E-state index in [0.29, 0.717) is 6.54 Å². The maximum absolute atomic E-state index is 13.8. The Bertz CT molecular complexity index is 960. The SMILES string of the molecule is Fc1ccc(CN2CCc3nc(Nc4ccc(F)cc4F)ncc3C2)cc1. The van der Waals surface area contributed by atoms with Crippen molar-refractivity contribution < 1.29 is 13.2 Å². The van der Waals surface area contributed by atoms with Crippen molar-refractivity contribution in [1.82, 2.24) is 14.9 Å². The summed E-state index contributed by atoms with van der Waals surface area (Å²) in [6.45, 7) is 2.23. The molecule has 3 aromatic rings. The van der Waals surface area contributed by atoms with Gasteiger partial charge in [-0.1, -0.05) is 12.1 Å². The molecule has 0 radical (unpaired) electrons. The minimum atomic E-state index is -0.693. The second-order valence-electron chi connectivity index (χ2n) is 6.50. The first-order valence-electron chi connectivity index (χ1n) is 8.60. The van der Waals surface area contributed by atoms with E-state index >= 15 is 0 Å². The van der Waals surface area contributed by atoms with Crippen molar-refractivity contribution in [2.45, 2.75) is 19.5 Å². The lowest BCUT2D eigenvalue weighted by atomic mass is 10.1. The lowest BCUT2D eigenvalue weighted by Crippen LogP contribution is -2.31. The average Bonchev–Trinajstić information content (AvgIpc) is 2.66. The molecule has 0 unspecified atom stereocenters. The number of aromatic nitrogens is 2. The van der Waals surface area contributed by atoms with Crippen LogP contribution in [0.1, 0.15) is 16.8 Å². The number of rotatable bonds is 4. The molecule has 4 nitrogen and oxygen atoms in total. The average molecular weight is 370 g/mol. The van der Waals surface area contributed by atoms with Crippen molar-refractivity contribution in [3.05, 3.63) is 82.9 Å². The Balaban J connectivity index is 1.45. The van der Waals surface area contributed by atoms with Crippen molar-refractivity contribution in [3.8, 4) is 0 Å². The van der Waals surface area contributed by atoms with Crippen LogP contribution in [0.5, 0.6) is 0 Å². The first-order chi connectivity index (χ1) is 13.1. The van der Waals surface area contributed by atoms with Crippen molar-refractivity contribution in [2.75, 3.05) is 11.9 Å². The van der Waals surface area contributed by atoms with Crippen LogP contribution in [0.2, 0.25) is 0 Å². The highest BCUT2D eigenvalue weighted by atomic mass is 19.1. The predicted octanol–water partition coefficient (Wildman–Crippen LogP) is 4.20. The first-order valence-corrected chi connectivity index (χ1v) is 8.60. The van der Waals surface area contributed by atoms with E-state index in [2.05, 4.69) is 20.2 Å². The Morgan fingerprint density at radius 2 is 1.78 bits per heavy atom. The highest BCUT2D eigenvalue weighted by molar-refractivity contribution is 5.54. The molecular formula is C20H17F3N4. The molecule has 2 aromatic carbocycles. The van der Waals surface area contributed by atoms with Crippen LogP contribution in [0.4, 0.5) is 24.8 Å². The topological polar surface area (TPSA) is 41.1 Å². The Kier molecular flexibility index (Phi) is 4.77. The summed E-state index contributed by atoms with van der Waals surface area (Å²) in [6, 6.07) is 9.80. The molecule has 2 heterocycles. The van der Waals surface area contributed by atoms with E-state index in [-0.39, 0.29) is 17.5 Å². The van der Waals surface area contributed by atoms with E-state index in [1.54, 1.807) is 18.3 Å². The molecule has 0 saturated heterocycles. The van der Waals surface area contributed by atoms with Gasteiger partial charge in [0.1, 0.15) is 17.5 Å². The van der Waals surface area contributed by atoms with Crippen molar-refractivity contribution in [2.24, 2.45) is 0 Å². The zero-order valence-electron chi connectivity index (χ0n) is 14.4. The largest absolute Gasteiger partial charge is 0.322 e. The fourth-order valence-corrected chi connectivity index (χ4v) is 3.13. The lowest BCUT2D eigenvalue weighted by molar-refractivity contribution is 0.243. The molecule has 0 saturated carbocycles. The third-order valence-electron chi connectivity index (χ3n) is 4.51. The molecule has 27 heavy (non-hydrogen) atoms. The summed E-state index contributed by atoms with van der Waals surface area (Å²) in [5.74, 6) is -1.28. The van der Waals surface area contributed by atoms with Gasteiger partial charge < -0.3 is 5.32 Å². The van der Waals surface area contributed by atoms with Crippen LogP contribution < -0.4 is 5.32 Å². The molecule has 1 aliphatic heterocycles. The monoisotopic (exact) mass is 370 g/mol. The molecule has 0 bridgehead atoms.